The first-order valence-corrected chi connectivity index (χ1v) is 7.82. The van der Waals surface area contributed by atoms with E-state index in [1.54, 1.807) is 0 Å². The van der Waals surface area contributed by atoms with E-state index >= 15 is 0 Å². The van der Waals surface area contributed by atoms with Crippen LogP contribution in [0.5, 0.6) is 0 Å². The van der Waals surface area contributed by atoms with Crippen LogP contribution in [0.15, 0.2) is 30.3 Å². The summed E-state index contributed by atoms with van der Waals surface area (Å²) in [5, 5.41) is 12.8. The molecule has 5 nitrogen and oxygen atoms in total. The number of hydrogen-bond donors (Lipinski definition) is 2. The van der Waals surface area contributed by atoms with Gasteiger partial charge >= 0.3 is 0 Å². The highest BCUT2D eigenvalue weighted by Crippen LogP contribution is 2.15. The Labute approximate surface area is 131 Å². The van der Waals surface area contributed by atoms with E-state index in [-0.39, 0.29) is 17.9 Å². The summed E-state index contributed by atoms with van der Waals surface area (Å²) in [5.41, 5.74) is 1.09. The minimum Gasteiger partial charge on any atom is -0.383 e. The maximum atomic E-state index is 12.2. The van der Waals surface area contributed by atoms with Crippen molar-refractivity contribution < 1.29 is 19.4 Å². The maximum Gasteiger partial charge on any atom is 0.249 e. The van der Waals surface area contributed by atoms with Gasteiger partial charge < -0.3 is 19.9 Å². The van der Waals surface area contributed by atoms with Gasteiger partial charge in [-0.3, -0.25) is 4.79 Å². The summed E-state index contributed by atoms with van der Waals surface area (Å²) in [6, 6.07) is 9.55. The number of hydrogen-bond acceptors (Lipinski definition) is 4. The van der Waals surface area contributed by atoms with Crippen molar-refractivity contribution in [3.63, 3.8) is 0 Å². The molecule has 0 aromatic heterocycles. The maximum absolute atomic E-state index is 12.2. The van der Waals surface area contributed by atoms with Crippen LogP contribution in [0, 0.1) is 5.92 Å². The number of amides is 1. The fourth-order valence-electron chi connectivity index (χ4n) is 2.52. The van der Waals surface area contributed by atoms with Crippen molar-refractivity contribution in [2.45, 2.75) is 45.1 Å². The molecule has 5 heteroatoms. The van der Waals surface area contributed by atoms with Crippen LogP contribution in [0.1, 0.15) is 25.8 Å². The number of carbonyl (C=O) groups is 1. The van der Waals surface area contributed by atoms with Crippen molar-refractivity contribution in [2.75, 3.05) is 13.2 Å². The van der Waals surface area contributed by atoms with Gasteiger partial charge in [-0.25, -0.2) is 0 Å². The van der Waals surface area contributed by atoms with Gasteiger partial charge in [0.15, 0.2) is 6.29 Å². The summed E-state index contributed by atoms with van der Waals surface area (Å²) < 4.78 is 11.1. The second-order valence-corrected chi connectivity index (χ2v) is 6.06. The molecule has 0 spiro atoms. The molecule has 1 aromatic carbocycles. The van der Waals surface area contributed by atoms with Crippen molar-refractivity contribution in [3.8, 4) is 0 Å². The Bertz CT molecular complexity index is 457. The molecule has 1 fully saturated rings. The average molecular weight is 307 g/mol. The third-order valence-electron chi connectivity index (χ3n) is 3.60. The van der Waals surface area contributed by atoms with Crippen LogP contribution in [-0.4, -0.2) is 42.7 Å². The predicted molar refractivity (Wildman–Crippen MR) is 83.2 cm³/mol. The molecule has 1 aliphatic heterocycles. The van der Waals surface area contributed by atoms with E-state index in [0.29, 0.717) is 26.1 Å². The number of aliphatic hydroxyl groups excluding tert-OH is 1. The fraction of sp³-hybridized carbons (Fsp3) is 0.588. The van der Waals surface area contributed by atoms with E-state index in [0.717, 1.165) is 5.56 Å². The van der Waals surface area contributed by atoms with E-state index in [2.05, 4.69) is 5.32 Å². The quantitative estimate of drug-likeness (QED) is 0.801. The topological polar surface area (TPSA) is 67.8 Å². The Morgan fingerprint density at radius 2 is 1.91 bits per heavy atom. The van der Waals surface area contributed by atoms with E-state index in [4.69, 9.17) is 9.47 Å². The van der Waals surface area contributed by atoms with Gasteiger partial charge in [-0.2, -0.15) is 0 Å². The van der Waals surface area contributed by atoms with Crippen molar-refractivity contribution in [1.82, 2.24) is 5.32 Å². The molecule has 1 amide bonds. The van der Waals surface area contributed by atoms with E-state index in [1.165, 1.54) is 0 Å². The highest BCUT2D eigenvalue weighted by Gasteiger charge is 2.30. The van der Waals surface area contributed by atoms with Gasteiger partial charge in [-0.05, 0) is 24.3 Å². The van der Waals surface area contributed by atoms with Crippen LogP contribution >= 0.6 is 0 Å². The largest absolute Gasteiger partial charge is 0.383 e. The Balaban J connectivity index is 1.99. The summed E-state index contributed by atoms with van der Waals surface area (Å²) in [6.45, 7) is 5.00. The molecule has 1 heterocycles. The molecule has 1 saturated heterocycles. The van der Waals surface area contributed by atoms with Gasteiger partial charge in [-0.1, -0.05) is 44.2 Å². The Morgan fingerprint density at radius 3 is 2.50 bits per heavy atom. The number of carbonyl (C=O) groups excluding carboxylic acids is 1. The van der Waals surface area contributed by atoms with Gasteiger partial charge in [0.05, 0.1) is 19.3 Å². The second kappa shape index (κ2) is 8.27. The normalized spacial score (nSPS) is 18.4. The van der Waals surface area contributed by atoms with Crippen LogP contribution < -0.4 is 5.32 Å². The molecule has 2 rings (SSSR count). The molecule has 2 atom stereocenters. The van der Waals surface area contributed by atoms with Crippen LogP contribution in [0.25, 0.3) is 0 Å². The molecule has 0 unspecified atom stereocenters. The first-order valence-electron chi connectivity index (χ1n) is 7.82. The number of ether oxygens (including phenoxy) is 2. The SMILES string of the molecule is CC(C)C[C@H](O)C(=O)N[C@H](Cc1ccccc1)C1OCCO1. The van der Waals surface area contributed by atoms with Crippen molar-refractivity contribution in [2.24, 2.45) is 5.92 Å². The minimum atomic E-state index is -1.00. The van der Waals surface area contributed by atoms with Crippen LogP contribution in [0.3, 0.4) is 0 Å². The smallest absolute Gasteiger partial charge is 0.249 e. The number of benzene rings is 1. The average Bonchev–Trinajstić information content (AvgIpc) is 3.01. The highest BCUT2D eigenvalue weighted by atomic mass is 16.7. The summed E-state index contributed by atoms with van der Waals surface area (Å²) >= 11 is 0. The summed E-state index contributed by atoms with van der Waals surface area (Å²) in [7, 11) is 0. The molecule has 1 aliphatic rings. The molecule has 1 aromatic rings. The summed E-state index contributed by atoms with van der Waals surface area (Å²) in [4.78, 5) is 12.2. The van der Waals surface area contributed by atoms with Crippen LogP contribution in [0.4, 0.5) is 0 Å². The number of aliphatic hydroxyl groups is 1. The van der Waals surface area contributed by atoms with Gasteiger partial charge in [-0.15, -0.1) is 0 Å². The molecule has 22 heavy (non-hydrogen) atoms. The van der Waals surface area contributed by atoms with Crippen LogP contribution in [0.2, 0.25) is 0 Å². The first kappa shape index (κ1) is 16.9. The minimum absolute atomic E-state index is 0.257. The predicted octanol–water partition coefficient (Wildman–Crippen LogP) is 1.49. The zero-order valence-electron chi connectivity index (χ0n) is 13.2. The van der Waals surface area contributed by atoms with Crippen molar-refractivity contribution in [3.05, 3.63) is 35.9 Å². The van der Waals surface area contributed by atoms with Crippen molar-refractivity contribution >= 4 is 5.91 Å². The molecule has 0 saturated carbocycles. The lowest BCUT2D eigenvalue weighted by Crippen LogP contribution is -2.49. The first-order chi connectivity index (χ1) is 10.6. The van der Waals surface area contributed by atoms with Crippen molar-refractivity contribution in [1.29, 1.82) is 0 Å². The zero-order chi connectivity index (χ0) is 15.9. The van der Waals surface area contributed by atoms with Gasteiger partial charge in [0.1, 0.15) is 6.10 Å². The lowest BCUT2D eigenvalue weighted by Gasteiger charge is -2.25. The lowest BCUT2D eigenvalue weighted by atomic mass is 10.0. The standard InChI is InChI=1S/C17H25NO4/c1-12(2)10-15(19)16(20)18-14(17-21-8-9-22-17)11-13-6-4-3-5-7-13/h3-7,12,14-15,17,19H,8-11H2,1-2H3,(H,18,20)/t14-,15+/m1/s1. The molecule has 0 aliphatic carbocycles. The third-order valence-corrected chi connectivity index (χ3v) is 3.60. The van der Waals surface area contributed by atoms with Crippen LogP contribution in [-0.2, 0) is 20.7 Å². The number of nitrogens with one attached hydrogen (secondary N) is 1. The van der Waals surface area contributed by atoms with E-state index in [1.807, 2.05) is 44.2 Å². The Kier molecular flexibility index (Phi) is 6.36. The Morgan fingerprint density at radius 1 is 1.27 bits per heavy atom. The molecular weight excluding hydrogens is 282 g/mol. The highest BCUT2D eigenvalue weighted by molar-refractivity contribution is 5.80. The zero-order valence-corrected chi connectivity index (χ0v) is 13.2. The Hall–Kier alpha value is -1.43. The molecule has 0 bridgehead atoms. The third kappa shape index (κ3) is 5.09. The summed E-state index contributed by atoms with van der Waals surface area (Å²) in [6.07, 6.45) is -0.419. The van der Waals surface area contributed by atoms with E-state index < -0.39 is 12.4 Å². The second-order valence-electron chi connectivity index (χ2n) is 6.06. The van der Waals surface area contributed by atoms with Gasteiger partial charge in [0.25, 0.3) is 0 Å². The van der Waals surface area contributed by atoms with E-state index in [9.17, 15) is 9.90 Å². The number of rotatable bonds is 7. The lowest BCUT2D eigenvalue weighted by molar-refractivity contribution is -0.135. The molecular formula is C17H25NO4. The van der Waals surface area contributed by atoms with Gasteiger partial charge in [0.2, 0.25) is 5.91 Å². The monoisotopic (exact) mass is 307 g/mol. The molecule has 0 radical (unpaired) electrons. The summed E-state index contributed by atoms with van der Waals surface area (Å²) in [5.74, 6) is -0.110. The molecule has 122 valence electrons. The fourth-order valence-corrected chi connectivity index (χ4v) is 2.52. The van der Waals surface area contributed by atoms with Gasteiger partial charge in [0, 0.05) is 0 Å². The molecule has 2 N–H and O–H groups in total.